The zero-order valence-electron chi connectivity index (χ0n) is 21.1. The van der Waals surface area contributed by atoms with E-state index in [1.807, 2.05) is 36.2 Å². The maximum absolute atomic E-state index is 13.3. The molecule has 1 saturated carbocycles. The van der Waals surface area contributed by atoms with Crippen LogP contribution in [-0.4, -0.2) is 79.2 Å². The predicted molar refractivity (Wildman–Crippen MR) is 139 cm³/mol. The zero-order valence-corrected chi connectivity index (χ0v) is 21.9. The van der Waals surface area contributed by atoms with Crippen LogP contribution in [0.2, 0.25) is 5.02 Å². The number of ether oxygens (including phenoxy) is 1. The normalized spacial score (nSPS) is 24.1. The first-order valence-corrected chi connectivity index (χ1v) is 13.5. The molecular weight excluding hydrogens is 484 g/mol. The van der Waals surface area contributed by atoms with Gasteiger partial charge < -0.3 is 35.8 Å². The average molecular weight is 525 g/mol. The average Bonchev–Trinajstić information content (AvgIpc) is 2.85. The number of nitrogens with one attached hydrogen (secondary N) is 3. The number of piperidine rings is 1. The SMILES string of the molecule is CNCC(CC1CCC(O)CC1)NC(=O)N1CCCC(C(OCCNC(=O)O)c2cccc(Cl)c2)C1. The van der Waals surface area contributed by atoms with Crippen LogP contribution in [0.15, 0.2) is 24.3 Å². The van der Waals surface area contributed by atoms with Gasteiger partial charge in [-0.25, -0.2) is 9.59 Å². The second kappa shape index (κ2) is 14.6. The lowest BCUT2D eigenvalue weighted by molar-refractivity contribution is -0.00852. The number of aliphatic hydroxyl groups excluding tert-OH is 1. The molecule has 202 valence electrons. The molecule has 1 heterocycles. The third kappa shape index (κ3) is 9.10. The number of hydrogen-bond acceptors (Lipinski definition) is 5. The molecule has 0 aromatic heterocycles. The molecule has 0 spiro atoms. The van der Waals surface area contributed by atoms with E-state index < -0.39 is 6.09 Å². The quantitative estimate of drug-likeness (QED) is 0.282. The Hall–Kier alpha value is -2.07. The van der Waals surface area contributed by atoms with E-state index >= 15 is 0 Å². The minimum absolute atomic E-state index is 0.0326. The number of carboxylic acid groups (broad SMARTS) is 1. The van der Waals surface area contributed by atoms with Crippen molar-refractivity contribution in [2.24, 2.45) is 11.8 Å². The van der Waals surface area contributed by atoms with Crippen molar-refractivity contribution in [3.8, 4) is 0 Å². The molecule has 3 atom stereocenters. The molecule has 1 aliphatic carbocycles. The summed E-state index contributed by atoms with van der Waals surface area (Å²) < 4.78 is 6.16. The zero-order chi connectivity index (χ0) is 25.9. The van der Waals surface area contributed by atoms with Gasteiger partial charge in [-0.3, -0.25) is 0 Å². The molecule has 2 aliphatic rings. The van der Waals surface area contributed by atoms with Gasteiger partial charge in [0.1, 0.15) is 0 Å². The van der Waals surface area contributed by atoms with E-state index in [0.29, 0.717) is 30.6 Å². The second-order valence-electron chi connectivity index (χ2n) is 10.0. The van der Waals surface area contributed by atoms with Gasteiger partial charge in [-0.05, 0) is 75.6 Å². The number of benzene rings is 1. The van der Waals surface area contributed by atoms with Crippen molar-refractivity contribution < 1.29 is 24.5 Å². The minimum Gasteiger partial charge on any atom is -0.465 e. The summed E-state index contributed by atoms with van der Waals surface area (Å²) >= 11 is 6.24. The summed E-state index contributed by atoms with van der Waals surface area (Å²) in [5.74, 6) is 0.580. The fraction of sp³-hybridized carbons (Fsp3) is 0.692. The highest BCUT2D eigenvalue weighted by Gasteiger charge is 2.32. The van der Waals surface area contributed by atoms with Crippen LogP contribution >= 0.6 is 11.6 Å². The first-order valence-electron chi connectivity index (χ1n) is 13.1. The molecule has 5 N–H and O–H groups in total. The molecule has 2 fully saturated rings. The van der Waals surface area contributed by atoms with Crippen molar-refractivity contribution in [2.75, 3.05) is 39.8 Å². The summed E-state index contributed by atoms with van der Waals surface area (Å²) in [5, 5.41) is 28.0. The van der Waals surface area contributed by atoms with Gasteiger partial charge in [-0.1, -0.05) is 23.7 Å². The van der Waals surface area contributed by atoms with Crippen molar-refractivity contribution in [3.05, 3.63) is 34.9 Å². The van der Waals surface area contributed by atoms with Crippen molar-refractivity contribution in [2.45, 2.75) is 63.2 Å². The van der Waals surface area contributed by atoms with Crippen molar-refractivity contribution in [1.82, 2.24) is 20.9 Å². The van der Waals surface area contributed by atoms with Gasteiger partial charge in [-0.2, -0.15) is 0 Å². The van der Waals surface area contributed by atoms with Gasteiger partial charge in [-0.15, -0.1) is 0 Å². The number of likely N-dealkylation sites (tertiary alicyclic amines) is 1. The monoisotopic (exact) mass is 524 g/mol. The number of carbonyl (C=O) groups excluding carboxylic acids is 1. The number of amides is 3. The van der Waals surface area contributed by atoms with Crippen LogP contribution in [0, 0.1) is 11.8 Å². The first-order chi connectivity index (χ1) is 17.4. The van der Waals surface area contributed by atoms with E-state index in [0.717, 1.165) is 50.5 Å². The van der Waals surface area contributed by atoms with Crippen LogP contribution < -0.4 is 16.0 Å². The molecule has 10 heteroatoms. The summed E-state index contributed by atoms with van der Waals surface area (Å²) in [4.78, 5) is 26.0. The van der Waals surface area contributed by atoms with Crippen LogP contribution in [0.1, 0.15) is 56.6 Å². The fourth-order valence-corrected chi connectivity index (χ4v) is 5.66. The molecule has 3 amide bonds. The van der Waals surface area contributed by atoms with Crippen LogP contribution in [0.5, 0.6) is 0 Å². The lowest BCUT2D eigenvalue weighted by atomic mass is 9.83. The summed E-state index contributed by atoms with van der Waals surface area (Å²) in [6.45, 7) is 2.36. The van der Waals surface area contributed by atoms with Crippen molar-refractivity contribution in [1.29, 1.82) is 0 Å². The molecule has 36 heavy (non-hydrogen) atoms. The van der Waals surface area contributed by atoms with Gasteiger partial charge in [0.25, 0.3) is 0 Å². The van der Waals surface area contributed by atoms with Gasteiger partial charge in [0, 0.05) is 43.2 Å². The highest BCUT2D eigenvalue weighted by Crippen LogP contribution is 2.34. The Kier molecular flexibility index (Phi) is 11.6. The Morgan fingerprint density at radius 3 is 2.69 bits per heavy atom. The third-order valence-electron chi connectivity index (χ3n) is 7.24. The molecule has 3 unspecified atom stereocenters. The van der Waals surface area contributed by atoms with Gasteiger partial charge in [0.15, 0.2) is 0 Å². The number of hydrogen-bond donors (Lipinski definition) is 5. The molecule has 1 aliphatic heterocycles. The summed E-state index contributed by atoms with van der Waals surface area (Å²) in [7, 11) is 1.90. The largest absolute Gasteiger partial charge is 0.465 e. The summed E-state index contributed by atoms with van der Waals surface area (Å²) in [5.41, 5.74) is 0.928. The van der Waals surface area contributed by atoms with E-state index in [-0.39, 0.29) is 43.4 Å². The minimum atomic E-state index is -1.08. The summed E-state index contributed by atoms with van der Waals surface area (Å²) in [6.07, 6.45) is 4.78. The van der Waals surface area contributed by atoms with E-state index in [2.05, 4.69) is 16.0 Å². The highest BCUT2D eigenvalue weighted by atomic mass is 35.5. The number of halogens is 1. The number of carbonyl (C=O) groups is 2. The maximum atomic E-state index is 13.3. The van der Waals surface area contributed by atoms with Crippen LogP contribution in [0.25, 0.3) is 0 Å². The molecule has 1 aromatic rings. The van der Waals surface area contributed by atoms with E-state index in [1.165, 1.54) is 0 Å². The van der Waals surface area contributed by atoms with Crippen LogP contribution in [-0.2, 0) is 4.74 Å². The molecule has 0 radical (unpaired) electrons. The number of nitrogens with zero attached hydrogens (tertiary/aromatic N) is 1. The van der Waals surface area contributed by atoms with E-state index in [9.17, 15) is 14.7 Å². The summed E-state index contributed by atoms with van der Waals surface area (Å²) in [6, 6.07) is 7.50. The smallest absolute Gasteiger partial charge is 0.404 e. The Morgan fingerprint density at radius 1 is 1.22 bits per heavy atom. The Labute approximate surface area is 218 Å². The topological polar surface area (TPSA) is 123 Å². The van der Waals surface area contributed by atoms with Crippen molar-refractivity contribution in [3.63, 3.8) is 0 Å². The third-order valence-corrected chi connectivity index (χ3v) is 7.47. The fourth-order valence-electron chi connectivity index (χ4n) is 5.46. The number of rotatable bonds is 11. The molecule has 1 aromatic carbocycles. The lowest BCUT2D eigenvalue weighted by Crippen LogP contribution is -2.52. The van der Waals surface area contributed by atoms with Crippen molar-refractivity contribution >= 4 is 23.7 Å². The second-order valence-corrected chi connectivity index (χ2v) is 10.5. The molecule has 0 bridgehead atoms. The number of urea groups is 1. The van der Waals surface area contributed by atoms with Crippen LogP contribution in [0.3, 0.4) is 0 Å². The standard InChI is InChI=1S/C26H41ClN4O5/c1-28-16-22(14-18-7-9-23(32)10-8-18)30-25(33)31-12-3-5-20(17-31)24(36-13-11-29-26(34)35)19-4-2-6-21(27)15-19/h2,4,6,15,18,20,22-24,28-29,32H,3,5,7-14,16-17H2,1H3,(H,30,33)(H,34,35). The highest BCUT2D eigenvalue weighted by molar-refractivity contribution is 6.30. The Balaban J connectivity index is 1.61. The molecule has 1 saturated heterocycles. The Bertz CT molecular complexity index is 836. The van der Waals surface area contributed by atoms with Gasteiger partial charge >= 0.3 is 12.1 Å². The van der Waals surface area contributed by atoms with Crippen LogP contribution in [0.4, 0.5) is 9.59 Å². The molecule has 9 nitrogen and oxygen atoms in total. The Morgan fingerprint density at radius 2 is 2.00 bits per heavy atom. The lowest BCUT2D eigenvalue weighted by Gasteiger charge is -2.38. The van der Waals surface area contributed by atoms with Gasteiger partial charge in [0.2, 0.25) is 0 Å². The van der Waals surface area contributed by atoms with E-state index in [4.69, 9.17) is 21.4 Å². The van der Waals surface area contributed by atoms with Gasteiger partial charge in [0.05, 0.1) is 18.8 Å². The molecule has 3 rings (SSSR count). The predicted octanol–water partition coefficient (Wildman–Crippen LogP) is 3.62. The maximum Gasteiger partial charge on any atom is 0.404 e. The molecular formula is C26H41ClN4O5. The number of aliphatic hydroxyl groups is 1. The number of likely N-dealkylation sites (N-methyl/N-ethyl adjacent to an activating group) is 1. The van der Waals surface area contributed by atoms with E-state index in [1.54, 1.807) is 0 Å². The first kappa shape index (κ1) is 28.5.